The summed E-state index contributed by atoms with van der Waals surface area (Å²) in [6.45, 7) is 0.842. The second-order valence-electron chi connectivity index (χ2n) is 2.89. The molecular formula is C7H15N3OS. The van der Waals surface area contributed by atoms with Gasteiger partial charge in [0.05, 0.1) is 0 Å². The third kappa shape index (κ3) is 2.04. The molecule has 70 valence electrons. The maximum Gasteiger partial charge on any atom is 0.331 e. The first kappa shape index (κ1) is 9.67. The second kappa shape index (κ2) is 4.57. The van der Waals surface area contributed by atoms with E-state index in [-0.39, 0.29) is 6.03 Å². The molecule has 2 amide bonds. The van der Waals surface area contributed by atoms with Crippen molar-refractivity contribution in [3.8, 4) is 0 Å². The minimum Gasteiger partial charge on any atom is -0.320 e. The molecule has 1 aliphatic rings. The highest BCUT2D eigenvalue weighted by Gasteiger charge is 2.27. The lowest BCUT2D eigenvalue weighted by molar-refractivity contribution is 0.197. The maximum absolute atomic E-state index is 11.2. The van der Waals surface area contributed by atoms with E-state index in [9.17, 15) is 4.79 Å². The lowest BCUT2D eigenvalue weighted by Gasteiger charge is -2.22. The van der Waals surface area contributed by atoms with Crippen LogP contribution in [0.5, 0.6) is 0 Å². The smallest absolute Gasteiger partial charge is 0.320 e. The van der Waals surface area contributed by atoms with E-state index in [1.807, 2.05) is 4.90 Å². The van der Waals surface area contributed by atoms with Gasteiger partial charge in [-0.25, -0.2) is 10.6 Å². The number of carbonyl (C=O) groups is 1. The van der Waals surface area contributed by atoms with Gasteiger partial charge in [0.25, 0.3) is 0 Å². The highest BCUT2D eigenvalue weighted by Crippen LogP contribution is 2.19. The number of nitrogens with two attached hydrogens (primary N) is 1. The molecule has 1 aliphatic heterocycles. The monoisotopic (exact) mass is 189 g/mol. The van der Waals surface area contributed by atoms with Gasteiger partial charge in [-0.1, -0.05) is 0 Å². The van der Waals surface area contributed by atoms with Crippen LogP contribution in [0.2, 0.25) is 0 Å². The molecule has 1 rings (SSSR count). The Morgan fingerprint density at radius 2 is 2.58 bits per heavy atom. The minimum absolute atomic E-state index is 0.147. The van der Waals surface area contributed by atoms with Crippen LogP contribution in [0, 0.1) is 0 Å². The van der Waals surface area contributed by atoms with E-state index in [1.54, 1.807) is 11.8 Å². The summed E-state index contributed by atoms with van der Waals surface area (Å²) in [5.74, 6) is 6.07. The van der Waals surface area contributed by atoms with Crippen molar-refractivity contribution in [2.45, 2.75) is 18.9 Å². The van der Waals surface area contributed by atoms with Crippen LogP contribution in [0.1, 0.15) is 12.8 Å². The molecule has 0 aromatic rings. The molecule has 0 bridgehead atoms. The van der Waals surface area contributed by atoms with Crippen molar-refractivity contribution in [2.75, 3.05) is 18.6 Å². The summed E-state index contributed by atoms with van der Waals surface area (Å²) in [6.07, 6.45) is 4.25. The van der Waals surface area contributed by atoms with Crippen molar-refractivity contribution >= 4 is 17.8 Å². The molecule has 0 saturated carbocycles. The summed E-state index contributed by atoms with van der Waals surface area (Å²) < 4.78 is 0. The molecule has 1 heterocycles. The minimum atomic E-state index is -0.147. The van der Waals surface area contributed by atoms with Crippen molar-refractivity contribution in [1.29, 1.82) is 0 Å². The summed E-state index contributed by atoms with van der Waals surface area (Å²) in [5, 5.41) is 0. The zero-order chi connectivity index (χ0) is 8.97. The van der Waals surface area contributed by atoms with Crippen LogP contribution in [0.4, 0.5) is 4.79 Å². The zero-order valence-electron chi connectivity index (χ0n) is 7.25. The first-order chi connectivity index (χ1) is 5.79. The quantitative estimate of drug-likeness (QED) is 0.375. The molecule has 0 spiro atoms. The van der Waals surface area contributed by atoms with Gasteiger partial charge >= 0.3 is 6.03 Å². The van der Waals surface area contributed by atoms with Gasteiger partial charge in [-0.15, -0.1) is 0 Å². The molecule has 1 atom stereocenters. The highest BCUT2D eigenvalue weighted by molar-refractivity contribution is 7.98. The fourth-order valence-electron chi connectivity index (χ4n) is 1.55. The third-order valence-electron chi connectivity index (χ3n) is 2.12. The number of nitrogens with zero attached hydrogens (tertiary/aromatic N) is 1. The van der Waals surface area contributed by atoms with Crippen LogP contribution in [-0.2, 0) is 0 Å². The summed E-state index contributed by atoms with van der Waals surface area (Å²) in [5.41, 5.74) is 2.17. The van der Waals surface area contributed by atoms with Gasteiger partial charge < -0.3 is 4.90 Å². The first-order valence-corrected chi connectivity index (χ1v) is 5.45. The number of rotatable bonds is 2. The Bertz CT molecular complexity index is 165. The van der Waals surface area contributed by atoms with E-state index < -0.39 is 0 Å². The average Bonchev–Trinajstić information content (AvgIpc) is 2.52. The fourth-order valence-corrected chi connectivity index (χ4v) is 2.28. The molecule has 1 fully saturated rings. The van der Waals surface area contributed by atoms with Gasteiger partial charge in [0.1, 0.15) is 0 Å². The molecule has 5 heteroatoms. The van der Waals surface area contributed by atoms with Gasteiger partial charge in [0, 0.05) is 18.3 Å². The summed E-state index contributed by atoms with van der Waals surface area (Å²) in [6, 6.07) is 0.232. The second-order valence-corrected chi connectivity index (χ2v) is 3.80. The molecule has 0 radical (unpaired) electrons. The predicted molar refractivity (Wildman–Crippen MR) is 50.8 cm³/mol. The first-order valence-electron chi connectivity index (χ1n) is 4.05. The number of hydrazine groups is 1. The van der Waals surface area contributed by atoms with E-state index in [0.29, 0.717) is 6.04 Å². The number of urea groups is 1. The van der Waals surface area contributed by atoms with Gasteiger partial charge in [-0.3, -0.25) is 5.43 Å². The fraction of sp³-hybridized carbons (Fsp3) is 0.857. The Labute approximate surface area is 76.8 Å². The maximum atomic E-state index is 11.2. The van der Waals surface area contributed by atoms with Crippen molar-refractivity contribution in [3.05, 3.63) is 0 Å². The van der Waals surface area contributed by atoms with Crippen molar-refractivity contribution in [3.63, 3.8) is 0 Å². The largest absolute Gasteiger partial charge is 0.331 e. The van der Waals surface area contributed by atoms with Crippen LogP contribution in [0.25, 0.3) is 0 Å². The molecule has 4 nitrogen and oxygen atoms in total. The lowest BCUT2D eigenvalue weighted by Crippen LogP contribution is -2.46. The molecule has 3 N–H and O–H groups in total. The summed E-state index contributed by atoms with van der Waals surface area (Å²) >= 11 is 1.77. The van der Waals surface area contributed by atoms with Crippen LogP contribution < -0.4 is 11.3 Å². The number of thioether (sulfide) groups is 1. The normalized spacial score (nSPS) is 22.8. The summed E-state index contributed by atoms with van der Waals surface area (Å²) in [7, 11) is 0. The van der Waals surface area contributed by atoms with E-state index in [1.165, 1.54) is 0 Å². The number of likely N-dealkylation sites (tertiary alicyclic amines) is 1. The summed E-state index contributed by atoms with van der Waals surface area (Å²) in [4.78, 5) is 13.0. The molecular weight excluding hydrogens is 174 g/mol. The highest BCUT2D eigenvalue weighted by atomic mass is 32.2. The topological polar surface area (TPSA) is 58.4 Å². The van der Waals surface area contributed by atoms with E-state index in [0.717, 1.165) is 25.1 Å². The Hall–Kier alpha value is -0.420. The SMILES string of the molecule is CSCC1CCCN1C(=O)NN. The molecule has 0 aliphatic carbocycles. The van der Waals surface area contributed by atoms with Crippen LogP contribution in [-0.4, -0.2) is 35.5 Å². The van der Waals surface area contributed by atoms with Crippen LogP contribution in [0.15, 0.2) is 0 Å². The van der Waals surface area contributed by atoms with E-state index in [2.05, 4.69) is 11.7 Å². The molecule has 1 saturated heterocycles. The van der Waals surface area contributed by atoms with Gasteiger partial charge in [-0.2, -0.15) is 11.8 Å². The predicted octanol–water partition coefficient (Wildman–Crippen LogP) is 0.397. The van der Waals surface area contributed by atoms with E-state index >= 15 is 0 Å². The van der Waals surface area contributed by atoms with Crippen LogP contribution in [0.3, 0.4) is 0 Å². The number of amides is 2. The van der Waals surface area contributed by atoms with E-state index in [4.69, 9.17) is 5.84 Å². The van der Waals surface area contributed by atoms with Crippen molar-refractivity contribution in [1.82, 2.24) is 10.3 Å². The third-order valence-corrected chi connectivity index (χ3v) is 2.84. The molecule has 12 heavy (non-hydrogen) atoms. The zero-order valence-corrected chi connectivity index (χ0v) is 8.06. The van der Waals surface area contributed by atoms with Crippen molar-refractivity contribution in [2.24, 2.45) is 5.84 Å². The molecule has 0 aromatic carbocycles. The molecule has 0 aromatic heterocycles. The van der Waals surface area contributed by atoms with Gasteiger partial charge in [0.2, 0.25) is 0 Å². The number of hydrogen-bond acceptors (Lipinski definition) is 3. The number of carbonyl (C=O) groups excluding carboxylic acids is 1. The Morgan fingerprint density at radius 1 is 1.83 bits per heavy atom. The Kier molecular flexibility index (Phi) is 3.68. The average molecular weight is 189 g/mol. The lowest BCUT2D eigenvalue weighted by atomic mass is 10.2. The Morgan fingerprint density at radius 3 is 3.17 bits per heavy atom. The Balaban J connectivity index is 2.45. The van der Waals surface area contributed by atoms with Crippen LogP contribution >= 0.6 is 11.8 Å². The van der Waals surface area contributed by atoms with Gasteiger partial charge in [0.15, 0.2) is 0 Å². The number of hydrogen-bond donors (Lipinski definition) is 2. The molecule has 1 unspecified atom stereocenters. The standard InChI is InChI=1S/C7H15N3OS/c1-12-5-6-3-2-4-10(6)7(11)9-8/h6H,2-5,8H2,1H3,(H,9,11). The van der Waals surface area contributed by atoms with Crippen molar-refractivity contribution < 1.29 is 4.79 Å². The van der Waals surface area contributed by atoms with Gasteiger partial charge in [-0.05, 0) is 19.1 Å². The number of nitrogens with one attached hydrogen (secondary N) is 1.